The fourth-order valence-corrected chi connectivity index (χ4v) is 2.71. The maximum absolute atomic E-state index is 11.6. The maximum Gasteiger partial charge on any atom is 0.336 e. The molecule has 0 atom stereocenters. The molecule has 0 aliphatic heterocycles. The molecule has 8 heteroatoms. The number of carboxylic acids is 1. The highest BCUT2D eigenvalue weighted by Crippen LogP contribution is 2.25. The second kappa shape index (κ2) is 5.75. The number of nitrogen functional groups attached to an aromatic ring is 1. The summed E-state index contributed by atoms with van der Waals surface area (Å²) in [4.78, 5) is 15.6. The summed E-state index contributed by atoms with van der Waals surface area (Å²) in [6.07, 6.45) is 5.05. The number of anilines is 1. The molecule has 0 radical (unpaired) electrons. The van der Waals surface area contributed by atoms with E-state index < -0.39 is 5.97 Å². The zero-order valence-corrected chi connectivity index (χ0v) is 13.1. The maximum atomic E-state index is 11.6. The van der Waals surface area contributed by atoms with Crippen LogP contribution in [0.5, 0.6) is 0 Å². The predicted molar refractivity (Wildman–Crippen MR) is 91.1 cm³/mol. The van der Waals surface area contributed by atoms with Crippen LogP contribution in [0.1, 0.15) is 15.9 Å². The molecule has 3 heterocycles. The minimum absolute atomic E-state index is 0.0910. The van der Waals surface area contributed by atoms with Crippen molar-refractivity contribution in [3.05, 3.63) is 66.1 Å². The van der Waals surface area contributed by atoms with Crippen molar-refractivity contribution in [3.8, 4) is 11.1 Å². The Morgan fingerprint density at radius 1 is 1.20 bits per heavy atom. The summed E-state index contributed by atoms with van der Waals surface area (Å²) >= 11 is 0. The number of aromatic carboxylic acids is 1. The standard InChI is InChI=1S/C17H14N6O2/c18-17-20-15-6-13(16(24)25)14(10-23(15)21-17)12-7-19-22(9-12)8-11-4-2-1-3-5-11/h1-7,9-10H,8H2,(H2,18,21)(H,24,25). The highest BCUT2D eigenvalue weighted by atomic mass is 16.4. The molecule has 0 fully saturated rings. The van der Waals surface area contributed by atoms with Crippen LogP contribution in [0.25, 0.3) is 16.8 Å². The zero-order valence-electron chi connectivity index (χ0n) is 13.1. The van der Waals surface area contributed by atoms with E-state index in [2.05, 4.69) is 15.2 Å². The van der Waals surface area contributed by atoms with E-state index in [4.69, 9.17) is 5.73 Å². The fourth-order valence-electron chi connectivity index (χ4n) is 2.71. The largest absolute Gasteiger partial charge is 0.478 e. The van der Waals surface area contributed by atoms with E-state index in [1.165, 1.54) is 10.6 Å². The lowest BCUT2D eigenvalue weighted by Gasteiger charge is -2.04. The average Bonchev–Trinajstić information content (AvgIpc) is 3.19. The van der Waals surface area contributed by atoms with Crippen LogP contribution in [-0.2, 0) is 6.54 Å². The third-order valence-corrected chi connectivity index (χ3v) is 3.85. The number of carbonyl (C=O) groups is 1. The minimum Gasteiger partial charge on any atom is -0.478 e. The van der Waals surface area contributed by atoms with Crippen molar-refractivity contribution in [2.75, 3.05) is 5.73 Å². The number of pyridine rings is 1. The number of benzene rings is 1. The highest BCUT2D eigenvalue weighted by Gasteiger charge is 2.16. The molecular weight excluding hydrogens is 320 g/mol. The van der Waals surface area contributed by atoms with Gasteiger partial charge in [-0.05, 0) is 11.6 Å². The quantitative estimate of drug-likeness (QED) is 0.590. The number of fused-ring (bicyclic) bond motifs is 1. The summed E-state index contributed by atoms with van der Waals surface area (Å²) in [7, 11) is 0. The number of nitrogens with zero attached hydrogens (tertiary/aromatic N) is 5. The molecule has 1 aromatic carbocycles. The third kappa shape index (κ3) is 2.80. The van der Waals surface area contributed by atoms with Crippen molar-refractivity contribution >= 4 is 17.6 Å². The van der Waals surface area contributed by atoms with E-state index in [1.807, 2.05) is 30.3 Å². The van der Waals surface area contributed by atoms with Gasteiger partial charge in [-0.1, -0.05) is 30.3 Å². The van der Waals surface area contributed by atoms with Gasteiger partial charge >= 0.3 is 5.97 Å². The van der Waals surface area contributed by atoms with Gasteiger partial charge in [0.1, 0.15) is 0 Å². The summed E-state index contributed by atoms with van der Waals surface area (Å²) in [6.45, 7) is 0.599. The number of hydrogen-bond acceptors (Lipinski definition) is 5. The summed E-state index contributed by atoms with van der Waals surface area (Å²) in [6, 6.07) is 11.4. The molecule has 0 aliphatic rings. The topological polar surface area (TPSA) is 111 Å². The minimum atomic E-state index is -1.05. The van der Waals surface area contributed by atoms with Crippen LogP contribution in [0.3, 0.4) is 0 Å². The van der Waals surface area contributed by atoms with E-state index >= 15 is 0 Å². The molecule has 0 saturated heterocycles. The predicted octanol–water partition coefficient (Wildman–Crippen LogP) is 1.92. The van der Waals surface area contributed by atoms with Crippen molar-refractivity contribution in [2.45, 2.75) is 6.54 Å². The van der Waals surface area contributed by atoms with Gasteiger partial charge in [-0.2, -0.15) is 10.1 Å². The molecule has 0 spiro atoms. The number of hydrogen-bond donors (Lipinski definition) is 2. The monoisotopic (exact) mass is 334 g/mol. The van der Waals surface area contributed by atoms with Gasteiger partial charge in [-0.15, -0.1) is 5.10 Å². The van der Waals surface area contributed by atoms with Crippen molar-refractivity contribution in [1.29, 1.82) is 0 Å². The smallest absolute Gasteiger partial charge is 0.336 e. The van der Waals surface area contributed by atoms with E-state index in [1.54, 1.807) is 23.3 Å². The van der Waals surface area contributed by atoms with Gasteiger partial charge in [0.2, 0.25) is 5.95 Å². The molecule has 0 unspecified atom stereocenters. The lowest BCUT2D eigenvalue weighted by atomic mass is 10.1. The number of aromatic nitrogens is 5. The van der Waals surface area contributed by atoms with E-state index in [-0.39, 0.29) is 11.5 Å². The molecule has 3 aromatic heterocycles. The van der Waals surface area contributed by atoms with Gasteiger partial charge in [0.25, 0.3) is 0 Å². The van der Waals surface area contributed by atoms with Crippen LogP contribution >= 0.6 is 0 Å². The van der Waals surface area contributed by atoms with Crippen LogP contribution in [0.4, 0.5) is 5.95 Å². The molecule has 0 aliphatic carbocycles. The molecule has 3 N–H and O–H groups in total. The molecule has 0 amide bonds. The van der Waals surface area contributed by atoms with Gasteiger partial charge < -0.3 is 10.8 Å². The van der Waals surface area contributed by atoms with Crippen LogP contribution < -0.4 is 5.73 Å². The van der Waals surface area contributed by atoms with E-state index in [0.29, 0.717) is 23.3 Å². The SMILES string of the molecule is Nc1nc2cc(C(=O)O)c(-c3cnn(Cc4ccccc4)c3)cn2n1. The molecule has 0 bridgehead atoms. The molecular formula is C17H14N6O2. The summed E-state index contributed by atoms with van der Waals surface area (Å²) in [5.41, 5.74) is 8.39. The Morgan fingerprint density at radius 3 is 2.76 bits per heavy atom. The van der Waals surface area contributed by atoms with Gasteiger partial charge in [0, 0.05) is 23.5 Å². The Hall–Kier alpha value is -3.68. The first kappa shape index (κ1) is 14.9. The Bertz CT molecular complexity index is 1070. The fraction of sp³-hybridized carbons (Fsp3) is 0.0588. The van der Waals surface area contributed by atoms with Gasteiger partial charge in [-0.3, -0.25) is 4.68 Å². The number of rotatable bonds is 4. The Labute approximate surface area is 142 Å². The van der Waals surface area contributed by atoms with Crippen molar-refractivity contribution in [3.63, 3.8) is 0 Å². The number of nitrogens with two attached hydrogens (primary N) is 1. The van der Waals surface area contributed by atoms with E-state index in [9.17, 15) is 9.90 Å². The van der Waals surface area contributed by atoms with Crippen LogP contribution in [0.15, 0.2) is 55.0 Å². The van der Waals surface area contributed by atoms with Gasteiger partial charge in [0.05, 0.1) is 18.3 Å². The summed E-state index contributed by atoms with van der Waals surface area (Å²) in [5.74, 6) is -0.955. The van der Waals surface area contributed by atoms with Crippen LogP contribution in [-0.4, -0.2) is 35.5 Å². The second-order valence-electron chi connectivity index (χ2n) is 5.59. The Kier molecular flexibility index (Phi) is 3.42. The zero-order chi connectivity index (χ0) is 17.4. The summed E-state index contributed by atoms with van der Waals surface area (Å²) < 4.78 is 3.22. The molecule has 0 saturated carbocycles. The molecule has 25 heavy (non-hydrogen) atoms. The lowest BCUT2D eigenvalue weighted by Crippen LogP contribution is -2.02. The molecule has 8 nitrogen and oxygen atoms in total. The van der Waals surface area contributed by atoms with Gasteiger partial charge in [-0.25, -0.2) is 9.31 Å². The van der Waals surface area contributed by atoms with Gasteiger partial charge in [0.15, 0.2) is 5.65 Å². The molecule has 4 rings (SSSR count). The normalized spacial score (nSPS) is 11.0. The average molecular weight is 334 g/mol. The van der Waals surface area contributed by atoms with Crippen LogP contribution in [0, 0.1) is 0 Å². The highest BCUT2D eigenvalue weighted by molar-refractivity contribution is 5.96. The van der Waals surface area contributed by atoms with Crippen LogP contribution in [0.2, 0.25) is 0 Å². The van der Waals surface area contributed by atoms with Crippen molar-refractivity contribution in [2.24, 2.45) is 0 Å². The van der Waals surface area contributed by atoms with Crippen molar-refractivity contribution in [1.82, 2.24) is 24.4 Å². The number of carboxylic acid groups (broad SMARTS) is 1. The molecule has 4 aromatic rings. The van der Waals surface area contributed by atoms with E-state index in [0.717, 1.165) is 5.56 Å². The second-order valence-corrected chi connectivity index (χ2v) is 5.59. The first-order valence-electron chi connectivity index (χ1n) is 7.56. The Balaban J connectivity index is 1.76. The first-order valence-corrected chi connectivity index (χ1v) is 7.56. The molecule has 124 valence electrons. The third-order valence-electron chi connectivity index (χ3n) is 3.85. The van der Waals surface area contributed by atoms with Crippen molar-refractivity contribution < 1.29 is 9.90 Å². The Morgan fingerprint density at radius 2 is 2.00 bits per heavy atom. The first-order chi connectivity index (χ1) is 12.1. The summed E-state index contributed by atoms with van der Waals surface area (Å²) in [5, 5.41) is 17.9. The lowest BCUT2D eigenvalue weighted by molar-refractivity contribution is 0.0697.